The SMILES string of the molecule is COc1ccc(-c2nc3c(C(=O)NC(C(=O)O)c4ccccc4)cccc3[nH]2)cc1. The van der Waals surface area contributed by atoms with Gasteiger partial charge in [0.1, 0.15) is 17.1 Å². The van der Waals surface area contributed by atoms with Crippen LogP contribution in [0.25, 0.3) is 22.4 Å². The molecule has 30 heavy (non-hydrogen) atoms. The number of carbonyl (C=O) groups excluding carboxylic acids is 1. The Kier molecular flexibility index (Phi) is 5.17. The maximum absolute atomic E-state index is 12.9. The Morgan fingerprint density at radius 2 is 1.73 bits per heavy atom. The molecule has 1 heterocycles. The van der Waals surface area contributed by atoms with Gasteiger partial charge in [0.15, 0.2) is 6.04 Å². The van der Waals surface area contributed by atoms with E-state index >= 15 is 0 Å². The Bertz CT molecular complexity index is 1200. The van der Waals surface area contributed by atoms with Gasteiger partial charge in [-0.15, -0.1) is 0 Å². The van der Waals surface area contributed by atoms with Crippen molar-refractivity contribution in [2.24, 2.45) is 0 Å². The number of fused-ring (bicyclic) bond motifs is 1. The topological polar surface area (TPSA) is 104 Å². The summed E-state index contributed by atoms with van der Waals surface area (Å²) in [6.07, 6.45) is 0. The number of aliphatic carboxylic acids is 1. The molecule has 3 aromatic carbocycles. The summed E-state index contributed by atoms with van der Waals surface area (Å²) in [5.74, 6) is -0.311. The van der Waals surface area contributed by atoms with E-state index in [9.17, 15) is 14.7 Å². The lowest BCUT2D eigenvalue weighted by molar-refractivity contribution is -0.139. The number of carboxylic acids is 1. The highest BCUT2D eigenvalue weighted by molar-refractivity contribution is 6.06. The molecule has 3 N–H and O–H groups in total. The molecular formula is C23H19N3O4. The van der Waals surface area contributed by atoms with Gasteiger partial charge in [-0.3, -0.25) is 4.79 Å². The fraction of sp³-hybridized carbons (Fsp3) is 0.0870. The van der Waals surface area contributed by atoms with Gasteiger partial charge >= 0.3 is 5.97 Å². The van der Waals surface area contributed by atoms with Crippen LogP contribution < -0.4 is 10.1 Å². The molecule has 1 aromatic heterocycles. The van der Waals surface area contributed by atoms with E-state index in [-0.39, 0.29) is 0 Å². The zero-order valence-electron chi connectivity index (χ0n) is 16.1. The summed E-state index contributed by atoms with van der Waals surface area (Å²) in [5, 5.41) is 12.2. The first-order valence-electron chi connectivity index (χ1n) is 9.28. The van der Waals surface area contributed by atoms with Gasteiger partial charge in [0.25, 0.3) is 5.91 Å². The van der Waals surface area contributed by atoms with Crippen molar-refractivity contribution >= 4 is 22.9 Å². The average Bonchev–Trinajstić information content (AvgIpc) is 3.22. The Balaban J connectivity index is 1.67. The molecule has 0 aliphatic rings. The van der Waals surface area contributed by atoms with Gasteiger partial charge in [-0.25, -0.2) is 9.78 Å². The lowest BCUT2D eigenvalue weighted by atomic mass is 10.1. The van der Waals surface area contributed by atoms with Crippen LogP contribution >= 0.6 is 0 Å². The molecule has 1 amide bonds. The molecular weight excluding hydrogens is 382 g/mol. The quantitative estimate of drug-likeness (QED) is 0.456. The van der Waals surface area contributed by atoms with E-state index in [0.717, 1.165) is 11.3 Å². The van der Waals surface area contributed by atoms with Crippen LogP contribution in [0.15, 0.2) is 72.8 Å². The van der Waals surface area contributed by atoms with Gasteiger partial charge in [-0.2, -0.15) is 0 Å². The van der Waals surface area contributed by atoms with Crippen molar-refractivity contribution in [3.63, 3.8) is 0 Å². The zero-order valence-corrected chi connectivity index (χ0v) is 16.1. The maximum Gasteiger partial charge on any atom is 0.330 e. The van der Waals surface area contributed by atoms with Gasteiger partial charge in [-0.1, -0.05) is 36.4 Å². The van der Waals surface area contributed by atoms with Crippen LogP contribution in [0, 0.1) is 0 Å². The van der Waals surface area contributed by atoms with Gasteiger partial charge in [0.2, 0.25) is 0 Å². The number of imidazole rings is 1. The second kappa shape index (κ2) is 8.08. The first-order valence-corrected chi connectivity index (χ1v) is 9.28. The number of nitrogens with one attached hydrogen (secondary N) is 2. The molecule has 0 saturated heterocycles. The van der Waals surface area contributed by atoms with Gasteiger partial charge in [-0.05, 0) is 42.0 Å². The smallest absolute Gasteiger partial charge is 0.330 e. The fourth-order valence-electron chi connectivity index (χ4n) is 3.24. The lowest BCUT2D eigenvalue weighted by Gasteiger charge is -2.15. The fourth-order valence-corrected chi connectivity index (χ4v) is 3.24. The van der Waals surface area contributed by atoms with Crippen molar-refractivity contribution < 1.29 is 19.4 Å². The Hall–Kier alpha value is -4.13. The number of carboxylic acid groups (broad SMARTS) is 1. The van der Waals surface area contributed by atoms with Crippen molar-refractivity contribution in [2.75, 3.05) is 7.11 Å². The van der Waals surface area contributed by atoms with Crippen molar-refractivity contribution in [3.05, 3.63) is 83.9 Å². The summed E-state index contributed by atoms with van der Waals surface area (Å²) >= 11 is 0. The second-order valence-corrected chi connectivity index (χ2v) is 6.67. The average molecular weight is 401 g/mol. The number of hydrogen-bond donors (Lipinski definition) is 3. The molecule has 4 rings (SSSR count). The van der Waals surface area contributed by atoms with E-state index in [2.05, 4.69) is 15.3 Å². The summed E-state index contributed by atoms with van der Waals surface area (Å²) in [5.41, 5.74) is 2.78. The predicted octanol–water partition coefficient (Wildman–Crippen LogP) is 3.79. The number of ether oxygens (including phenoxy) is 1. The molecule has 0 aliphatic heterocycles. The molecule has 0 spiro atoms. The van der Waals surface area contributed by atoms with E-state index in [0.29, 0.717) is 28.0 Å². The minimum absolute atomic E-state index is 0.297. The highest BCUT2D eigenvalue weighted by Crippen LogP contribution is 2.25. The Morgan fingerprint density at radius 3 is 2.40 bits per heavy atom. The van der Waals surface area contributed by atoms with Crippen LogP contribution in [0.3, 0.4) is 0 Å². The van der Waals surface area contributed by atoms with Crippen molar-refractivity contribution in [3.8, 4) is 17.1 Å². The van der Waals surface area contributed by atoms with Crippen molar-refractivity contribution in [1.82, 2.24) is 15.3 Å². The molecule has 0 fully saturated rings. The van der Waals surface area contributed by atoms with E-state index < -0.39 is 17.9 Å². The number of methoxy groups -OCH3 is 1. The monoisotopic (exact) mass is 401 g/mol. The molecule has 7 heteroatoms. The minimum atomic E-state index is -1.16. The zero-order chi connectivity index (χ0) is 21.1. The minimum Gasteiger partial charge on any atom is -0.497 e. The first-order chi connectivity index (χ1) is 14.6. The molecule has 4 aromatic rings. The summed E-state index contributed by atoms with van der Waals surface area (Å²) in [7, 11) is 1.60. The molecule has 1 unspecified atom stereocenters. The highest BCUT2D eigenvalue weighted by atomic mass is 16.5. The summed E-state index contributed by atoms with van der Waals surface area (Å²) < 4.78 is 5.18. The van der Waals surface area contributed by atoms with Crippen molar-refractivity contribution in [1.29, 1.82) is 0 Å². The molecule has 7 nitrogen and oxygen atoms in total. The van der Waals surface area contributed by atoms with Crippen LogP contribution in [0.1, 0.15) is 22.0 Å². The number of aromatic nitrogens is 2. The van der Waals surface area contributed by atoms with E-state index in [4.69, 9.17) is 4.74 Å². The maximum atomic E-state index is 12.9. The molecule has 0 bridgehead atoms. The standard InChI is InChI=1S/C23H19N3O4/c1-30-16-12-10-15(11-13-16)21-24-18-9-5-8-17(20(18)25-21)22(27)26-19(23(28)29)14-6-3-2-4-7-14/h2-13,19H,1H3,(H,24,25)(H,26,27)(H,28,29). The molecule has 0 saturated carbocycles. The summed E-state index contributed by atoms with van der Waals surface area (Å²) in [4.78, 5) is 32.4. The number of H-pyrrole nitrogens is 1. The third-order valence-corrected chi connectivity index (χ3v) is 4.78. The normalized spacial score (nSPS) is 11.8. The summed E-state index contributed by atoms with van der Waals surface area (Å²) in [6.45, 7) is 0. The third-order valence-electron chi connectivity index (χ3n) is 4.78. The number of nitrogens with zero attached hydrogens (tertiary/aromatic N) is 1. The number of carbonyl (C=O) groups is 2. The van der Waals surface area contributed by atoms with E-state index in [1.165, 1.54) is 0 Å². The number of rotatable bonds is 6. The van der Waals surface area contributed by atoms with E-state index in [1.54, 1.807) is 49.6 Å². The predicted molar refractivity (Wildman–Crippen MR) is 112 cm³/mol. The lowest BCUT2D eigenvalue weighted by Crippen LogP contribution is -2.33. The van der Waals surface area contributed by atoms with Crippen LogP contribution in [0.4, 0.5) is 0 Å². The molecule has 1 atom stereocenters. The van der Waals surface area contributed by atoms with Gasteiger partial charge in [0.05, 0.1) is 18.2 Å². The van der Waals surface area contributed by atoms with Gasteiger partial charge in [0, 0.05) is 5.56 Å². The van der Waals surface area contributed by atoms with Crippen LogP contribution in [-0.4, -0.2) is 34.1 Å². The van der Waals surface area contributed by atoms with Crippen LogP contribution in [-0.2, 0) is 4.79 Å². The number of amides is 1. The number of hydrogen-bond acceptors (Lipinski definition) is 4. The van der Waals surface area contributed by atoms with Gasteiger partial charge < -0.3 is 20.1 Å². The van der Waals surface area contributed by atoms with Crippen LogP contribution in [0.5, 0.6) is 5.75 Å². The third kappa shape index (κ3) is 3.73. The van der Waals surface area contributed by atoms with Crippen LogP contribution in [0.2, 0.25) is 0 Å². The summed E-state index contributed by atoms with van der Waals surface area (Å²) in [6, 6.07) is 20.0. The second-order valence-electron chi connectivity index (χ2n) is 6.67. The first kappa shape index (κ1) is 19.2. The Morgan fingerprint density at radius 1 is 1.00 bits per heavy atom. The Labute approximate surface area is 172 Å². The van der Waals surface area contributed by atoms with Crippen molar-refractivity contribution in [2.45, 2.75) is 6.04 Å². The highest BCUT2D eigenvalue weighted by Gasteiger charge is 2.24. The largest absolute Gasteiger partial charge is 0.497 e. The molecule has 0 radical (unpaired) electrons. The number of aromatic amines is 1. The number of para-hydroxylation sites is 1. The van der Waals surface area contributed by atoms with E-state index in [1.807, 2.05) is 30.3 Å². The number of benzene rings is 3. The molecule has 0 aliphatic carbocycles. The molecule has 150 valence electrons.